The maximum absolute atomic E-state index is 11.7. The number of carbonyl (C=O) groups excluding carboxylic acids is 1. The van der Waals surface area contributed by atoms with Crippen molar-refractivity contribution in [2.75, 3.05) is 12.4 Å². The zero-order valence-corrected chi connectivity index (χ0v) is 11.4. The minimum atomic E-state index is -0.0712. The summed E-state index contributed by atoms with van der Waals surface area (Å²) in [5, 5.41) is 5.96. The van der Waals surface area contributed by atoms with Crippen LogP contribution in [-0.2, 0) is 13.6 Å². The number of imidazole rings is 1. The van der Waals surface area contributed by atoms with Gasteiger partial charge in [-0.15, -0.1) is 0 Å². The van der Waals surface area contributed by atoms with Crippen molar-refractivity contribution < 1.29 is 4.79 Å². The zero-order valence-electron chi connectivity index (χ0n) is 11.4. The van der Waals surface area contributed by atoms with Gasteiger partial charge in [-0.1, -0.05) is 6.07 Å². The molecule has 0 aliphatic heterocycles. The smallest absolute Gasteiger partial charge is 0.251 e. The average molecular weight is 258 g/mol. The fraction of sp³-hybridized carbons (Fsp3) is 0.286. The van der Waals surface area contributed by atoms with E-state index in [1.54, 1.807) is 13.2 Å². The summed E-state index contributed by atoms with van der Waals surface area (Å²) in [5.41, 5.74) is 2.58. The SMILES string of the molecule is CNC(=O)c1cccc(NCc2nccn2C)c1C. The van der Waals surface area contributed by atoms with Crippen molar-refractivity contribution in [3.8, 4) is 0 Å². The van der Waals surface area contributed by atoms with E-state index in [9.17, 15) is 4.79 Å². The van der Waals surface area contributed by atoms with Gasteiger partial charge < -0.3 is 15.2 Å². The predicted molar refractivity (Wildman–Crippen MR) is 75.1 cm³/mol. The van der Waals surface area contributed by atoms with Gasteiger partial charge in [0.25, 0.3) is 5.91 Å². The molecule has 0 aliphatic rings. The Balaban J connectivity index is 2.17. The molecular weight excluding hydrogens is 240 g/mol. The van der Waals surface area contributed by atoms with Gasteiger partial charge in [-0.05, 0) is 24.6 Å². The molecule has 0 spiro atoms. The Kier molecular flexibility index (Phi) is 3.85. The van der Waals surface area contributed by atoms with E-state index in [1.807, 2.05) is 42.9 Å². The van der Waals surface area contributed by atoms with Crippen molar-refractivity contribution in [2.45, 2.75) is 13.5 Å². The number of carbonyl (C=O) groups is 1. The molecule has 0 unspecified atom stereocenters. The Morgan fingerprint density at radius 3 is 2.84 bits per heavy atom. The predicted octanol–water partition coefficient (Wildman–Crippen LogP) is 1.70. The van der Waals surface area contributed by atoms with Crippen LogP contribution in [0.4, 0.5) is 5.69 Å². The third-order valence-electron chi connectivity index (χ3n) is 3.16. The molecule has 0 atom stereocenters. The van der Waals surface area contributed by atoms with Crippen molar-refractivity contribution in [2.24, 2.45) is 7.05 Å². The van der Waals surface area contributed by atoms with Crippen LogP contribution in [0.3, 0.4) is 0 Å². The van der Waals surface area contributed by atoms with Gasteiger partial charge in [-0.3, -0.25) is 4.79 Å². The molecule has 2 aromatic rings. The van der Waals surface area contributed by atoms with Crippen molar-refractivity contribution >= 4 is 11.6 Å². The summed E-state index contributed by atoms with van der Waals surface area (Å²) in [6.07, 6.45) is 3.68. The molecular formula is C14H18N4O. The van der Waals surface area contributed by atoms with Crippen LogP contribution in [0.15, 0.2) is 30.6 Å². The number of anilines is 1. The maximum atomic E-state index is 11.7. The summed E-state index contributed by atoms with van der Waals surface area (Å²) < 4.78 is 1.96. The zero-order chi connectivity index (χ0) is 13.8. The van der Waals surface area contributed by atoms with Crippen LogP contribution in [0.1, 0.15) is 21.7 Å². The van der Waals surface area contributed by atoms with Gasteiger partial charge in [0.15, 0.2) is 0 Å². The molecule has 0 radical (unpaired) electrons. The molecule has 0 fully saturated rings. The first-order chi connectivity index (χ1) is 9.13. The van der Waals surface area contributed by atoms with Gasteiger partial charge >= 0.3 is 0 Å². The number of aromatic nitrogens is 2. The highest BCUT2D eigenvalue weighted by Gasteiger charge is 2.10. The van der Waals surface area contributed by atoms with Crippen molar-refractivity contribution in [3.63, 3.8) is 0 Å². The minimum Gasteiger partial charge on any atom is -0.378 e. The van der Waals surface area contributed by atoms with E-state index in [1.165, 1.54) is 0 Å². The number of hydrogen-bond donors (Lipinski definition) is 2. The molecule has 2 rings (SSSR count). The monoisotopic (exact) mass is 258 g/mol. The van der Waals surface area contributed by atoms with E-state index in [2.05, 4.69) is 15.6 Å². The summed E-state index contributed by atoms with van der Waals surface area (Å²) in [5.74, 6) is 0.878. The molecule has 1 aromatic carbocycles. The summed E-state index contributed by atoms with van der Waals surface area (Å²) >= 11 is 0. The number of nitrogens with zero attached hydrogens (tertiary/aromatic N) is 2. The molecule has 1 aromatic heterocycles. The van der Waals surface area contributed by atoms with Gasteiger partial charge in [0, 0.05) is 37.7 Å². The van der Waals surface area contributed by atoms with Crippen molar-refractivity contribution in [1.29, 1.82) is 0 Å². The quantitative estimate of drug-likeness (QED) is 0.877. The van der Waals surface area contributed by atoms with Crippen LogP contribution < -0.4 is 10.6 Å². The van der Waals surface area contributed by atoms with E-state index < -0.39 is 0 Å². The molecule has 1 amide bonds. The highest BCUT2D eigenvalue weighted by Crippen LogP contribution is 2.19. The van der Waals surface area contributed by atoms with E-state index in [0.717, 1.165) is 17.1 Å². The minimum absolute atomic E-state index is 0.0712. The first-order valence-electron chi connectivity index (χ1n) is 6.15. The molecule has 1 heterocycles. The first kappa shape index (κ1) is 13.1. The second-order valence-electron chi connectivity index (χ2n) is 4.37. The molecule has 5 nitrogen and oxygen atoms in total. The molecule has 2 N–H and O–H groups in total. The Hall–Kier alpha value is -2.30. The Morgan fingerprint density at radius 2 is 2.21 bits per heavy atom. The van der Waals surface area contributed by atoms with Crippen LogP contribution in [0, 0.1) is 6.92 Å². The number of benzene rings is 1. The fourth-order valence-electron chi connectivity index (χ4n) is 1.95. The summed E-state index contributed by atoms with van der Waals surface area (Å²) in [4.78, 5) is 16.0. The van der Waals surface area contributed by atoms with Gasteiger partial charge in [-0.25, -0.2) is 4.98 Å². The number of nitrogens with one attached hydrogen (secondary N) is 2. The molecule has 100 valence electrons. The lowest BCUT2D eigenvalue weighted by Gasteiger charge is -2.12. The standard InChI is InChI=1S/C14H18N4O/c1-10-11(14(19)15-2)5-4-6-12(10)17-9-13-16-7-8-18(13)3/h4-8,17H,9H2,1-3H3,(H,15,19). The normalized spacial score (nSPS) is 10.3. The largest absolute Gasteiger partial charge is 0.378 e. The third-order valence-corrected chi connectivity index (χ3v) is 3.16. The van der Waals surface area contributed by atoms with Gasteiger partial charge in [-0.2, -0.15) is 0 Å². The highest BCUT2D eigenvalue weighted by atomic mass is 16.1. The van der Waals surface area contributed by atoms with Gasteiger partial charge in [0.05, 0.1) is 6.54 Å². The van der Waals surface area contributed by atoms with Crippen LogP contribution >= 0.6 is 0 Å². The Labute approximate surface area is 112 Å². The van der Waals surface area contributed by atoms with E-state index >= 15 is 0 Å². The Morgan fingerprint density at radius 1 is 1.42 bits per heavy atom. The second kappa shape index (κ2) is 5.56. The van der Waals surface area contributed by atoms with Gasteiger partial charge in [0.1, 0.15) is 5.82 Å². The first-order valence-corrected chi connectivity index (χ1v) is 6.15. The third kappa shape index (κ3) is 2.76. The number of hydrogen-bond acceptors (Lipinski definition) is 3. The van der Waals surface area contributed by atoms with Crippen LogP contribution in [-0.4, -0.2) is 22.5 Å². The fourth-order valence-corrected chi connectivity index (χ4v) is 1.95. The average Bonchev–Trinajstić information content (AvgIpc) is 2.82. The summed E-state index contributed by atoms with van der Waals surface area (Å²) in [7, 11) is 3.59. The highest BCUT2D eigenvalue weighted by molar-refractivity contribution is 5.96. The number of aryl methyl sites for hydroxylation is 1. The molecule has 19 heavy (non-hydrogen) atoms. The van der Waals surface area contributed by atoms with E-state index in [4.69, 9.17) is 0 Å². The maximum Gasteiger partial charge on any atom is 0.251 e. The lowest BCUT2D eigenvalue weighted by Crippen LogP contribution is -2.19. The van der Waals surface area contributed by atoms with Crippen LogP contribution in [0.25, 0.3) is 0 Å². The molecule has 0 bridgehead atoms. The Bertz CT molecular complexity index is 589. The number of amides is 1. The van der Waals surface area contributed by atoms with Gasteiger partial charge in [0.2, 0.25) is 0 Å². The topological polar surface area (TPSA) is 59.0 Å². The van der Waals surface area contributed by atoms with E-state index in [0.29, 0.717) is 12.1 Å². The van der Waals surface area contributed by atoms with Crippen LogP contribution in [0.2, 0.25) is 0 Å². The van der Waals surface area contributed by atoms with Crippen molar-refractivity contribution in [1.82, 2.24) is 14.9 Å². The molecule has 5 heteroatoms. The van der Waals surface area contributed by atoms with Crippen molar-refractivity contribution in [3.05, 3.63) is 47.5 Å². The number of rotatable bonds is 4. The molecule has 0 saturated heterocycles. The van der Waals surface area contributed by atoms with Crippen LogP contribution in [0.5, 0.6) is 0 Å². The molecule has 0 aliphatic carbocycles. The summed E-state index contributed by atoms with van der Waals surface area (Å²) in [6.45, 7) is 2.56. The van der Waals surface area contributed by atoms with E-state index in [-0.39, 0.29) is 5.91 Å². The summed E-state index contributed by atoms with van der Waals surface area (Å²) in [6, 6.07) is 5.66. The second-order valence-corrected chi connectivity index (χ2v) is 4.37. The lowest BCUT2D eigenvalue weighted by molar-refractivity contribution is 0.0962. The lowest BCUT2D eigenvalue weighted by atomic mass is 10.1. The molecule has 0 saturated carbocycles.